The van der Waals surface area contributed by atoms with Gasteiger partial charge in [0, 0.05) is 55.5 Å². The second kappa shape index (κ2) is 7.59. The number of halogens is 1. The maximum absolute atomic E-state index is 13.4. The largest absolute Gasteiger partial charge is 0.370 e. The van der Waals surface area contributed by atoms with Crippen LogP contribution in [0.25, 0.3) is 28.3 Å². The molecule has 2 atom stereocenters. The van der Waals surface area contributed by atoms with E-state index in [2.05, 4.69) is 75.4 Å². The molecule has 33 heavy (non-hydrogen) atoms. The third-order valence-electron chi connectivity index (χ3n) is 7.21. The van der Waals surface area contributed by atoms with Crippen molar-refractivity contribution in [3.63, 3.8) is 0 Å². The van der Waals surface area contributed by atoms with Crippen molar-refractivity contribution in [3.05, 3.63) is 78.5 Å². The molecular formula is C27H28FN5. The van der Waals surface area contributed by atoms with Crippen LogP contribution in [0.2, 0.25) is 0 Å². The molecule has 0 unspecified atom stereocenters. The lowest BCUT2D eigenvalue weighted by atomic mass is 10.1. The average molecular weight is 442 g/mol. The smallest absolute Gasteiger partial charge is 0.161 e. The summed E-state index contributed by atoms with van der Waals surface area (Å²) in [6.07, 6.45) is 6.05. The van der Waals surface area contributed by atoms with Gasteiger partial charge in [-0.2, -0.15) is 0 Å². The van der Waals surface area contributed by atoms with Crippen molar-refractivity contribution >= 4 is 5.69 Å². The van der Waals surface area contributed by atoms with Crippen LogP contribution in [0.1, 0.15) is 12.5 Å². The Kier molecular flexibility index (Phi) is 4.66. The number of hydrogen-bond donors (Lipinski definition) is 0. The summed E-state index contributed by atoms with van der Waals surface area (Å²) in [5.74, 6) is 1.34. The van der Waals surface area contributed by atoms with E-state index in [0.717, 1.165) is 42.3 Å². The lowest BCUT2D eigenvalue weighted by Gasteiger charge is -2.23. The van der Waals surface area contributed by atoms with Crippen molar-refractivity contribution in [2.45, 2.75) is 19.5 Å². The molecule has 2 aromatic heterocycles. The molecule has 2 aromatic carbocycles. The van der Waals surface area contributed by atoms with Gasteiger partial charge in [-0.05, 0) is 67.5 Å². The summed E-state index contributed by atoms with van der Waals surface area (Å²) >= 11 is 0. The van der Waals surface area contributed by atoms with E-state index < -0.39 is 0 Å². The first-order valence-electron chi connectivity index (χ1n) is 11.5. The predicted octanol–water partition coefficient (Wildman–Crippen LogP) is 4.89. The van der Waals surface area contributed by atoms with Gasteiger partial charge in [0.25, 0.3) is 0 Å². The van der Waals surface area contributed by atoms with Crippen molar-refractivity contribution in [1.82, 2.24) is 19.0 Å². The summed E-state index contributed by atoms with van der Waals surface area (Å²) in [5.41, 5.74) is 6.87. The molecule has 168 valence electrons. The average Bonchev–Trinajstić information content (AvgIpc) is 3.51. The van der Waals surface area contributed by atoms with Gasteiger partial charge in [0.15, 0.2) is 5.82 Å². The van der Waals surface area contributed by atoms with E-state index in [1.807, 2.05) is 24.5 Å². The SMILES string of the molecule is C[C@@H]1CN(c2ccc3c(c2)Cn2cc(-c4ccc(F)cc4)cc2-c2nccn2-3)C[C@H]1N(C)C. The monoisotopic (exact) mass is 441 g/mol. The van der Waals surface area contributed by atoms with Crippen LogP contribution in [0, 0.1) is 11.7 Å². The first-order valence-corrected chi connectivity index (χ1v) is 11.5. The Bertz CT molecular complexity index is 1320. The molecule has 4 aromatic rings. The van der Waals surface area contributed by atoms with E-state index in [-0.39, 0.29) is 5.82 Å². The number of benzene rings is 2. The Labute approximate surface area is 193 Å². The number of hydrogen-bond acceptors (Lipinski definition) is 3. The van der Waals surface area contributed by atoms with E-state index in [1.165, 1.54) is 29.1 Å². The quantitative estimate of drug-likeness (QED) is 0.399. The minimum atomic E-state index is -0.218. The number of likely N-dealkylation sites (N-methyl/N-ethyl adjacent to an activating group) is 1. The lowest BCUT2D eigenvalue weighted by molar-refractivity contribution is 0.266. The van der Waals surface area contributed by atoms with Crippen molar-refractivity contribution in [2.75, 3.05) is 32.1 Å². The van der Waals surface area contributed by atoms with Crippen LogP contribution >= 0.6 is 0 Å². The molecule has 0 N–H and O–H groups in total. The van der Waals surface area contributed by atoms with Crippen molar-refractivity contribution in [2.24, 2.45) is 5.92 Å². The summed E-state index contributed by atoms with van der Waals surface area (Å²) < 4.78 is 17.9. The minimum Gasteiger partial charge on any atom is -0.370 e. The number of imidazole rings is 1. The number of fused-ring (bicyclic) bond motifs is 5. The normalized spacial score (nSPS) is 19.4. The lowest BCUT2D eigenvalue weighted by Crippen LogP contribution is -2.34. The van der Waals surface area contributed by atoms with Crippen LogP contribution in [0.15, 0.2) is 67.1 Å². The Morgan fingerprint density at radius 3 is 2.58 bits per heavy atom. The molecule has 0 saturated carbocycles. The molecule has 2 aliphatic rings. The van der Waals surface area contributed by atoms with Gasteiger partial charge in [0.2, 0.25) is 0 Å². The molecule has 4 heterocycles. The topological polar surface area (TPSA) is 29.2 Å². The van der Waals surface area contributed by atoms with E-state index >= 15 is 0 Å². The van der Waals surface area contributed by atoms with Crippen molar-refractivity contribution in [3.8, 4) is 28.3 Å². The van der Waals surface area contributed by atoms with Gasteiger partial charge in [0.05, 0.1) is 11.4 Å². The molecule has 0 bridgehead atoms. The standard InChI is InChI=1S/C27H28FN5/c1-18-14-31(17-26(18)30(2)3)23-8-9-24-21(12-23)16-32-15-20(19-4-6-22(28)7-5-19)13-25(32)27-29-10-11-33(24)27/h4-13,15,18,26H,14,16-17H2,1-3H3/t18-,26-/m1/s1. The third kappa shape index (κ3) is 3.37. The molecule has 5 nitrogen and oxygen atoms in total. The van der Waals surface area contributed by atoms with Gasteiger partial charge in [0.1, 0.15) is 5.82 Å². The zero-order chi connectivity index (χ0) is 22.7. The Hall–Kier alpha value is -3.38. The van der Waals surface area contributed by atoms with E-state index in [4.69, 9.17) is 0 Å². The fraction of sp³-hybridized carbons (Fsp3) is 0.296. The maximum Gasteiger partial charge on any atom is 0.161 e. The fourth-order valence-corrected chi connectivity index (χ4v) is 5.46. The Morgan fingerprint density at radius 2 is 1.82 bits per heavy atom. The van der Waals surface area contributed by atoms with Crippen LogP contribution in [0.4, 0.5) is 10.1 Å². The summed E-state index contributed by atoms with van der Waals surface area (Å²) in [4.78, 5) is 9.54. The van der Waals surface area contributed by atoms with Crippen molar-refractivity contribution in [1.29, 1.82) is 0 Å². The maximum atomic E-state index is 13.4. The Morgan fingerprint density at radius 1 is 1.00 bits per heavy atom. The summed E-state index contributed by atoms with van der Waals surface area (Å²) in [6.45, 7) is 5.23. The predicted molar refractivity (Wildman–Crippen MR) is 130 cm³/mol. The highest BCUT2D eigenvalue weighted by atomic mass is 19.1. The minimum absolute atomic E-state index is 0.218. The first kappa shape index (κ1) is 20.2. The highest BCUT2D eigenvalue weighted by molar-refractivity contribution is 5.72. The fourth-order valence-electron chi connectivity index (χ4n) is 5.46. The molecule has 0 aliphatic carbocycles. The molecule has 0 amide bonds. The van der Waals surface area contributed by atoms with Crippen molar-refractivity contribution < 1.29 is 4.39 Å². The van der Waals surface area contributed by atoms with E-state index in [1.54, 1.807) is 0 Å². The molecular weight excluding hydrogens is 413 g/mol. The Balaban J connectivity index is 1.40. The van der Waals surface area contributed by atoms with Gasteiger partial charge in [-0.25, -0.2) is 9.37 Å². The van der Waals surface area contributed by atoms with Crippen LogP contribution in [0.3, 0.4) is 0 Å². The van der Waals surface area contributed by atoms with Crippen LogP contribution in [-0.4, -0.2) is 52.2 Å². The van der Waals surface area contributed by atoms with E-state index in [9.17, 15) is 4.39 Å². The highest BCUT2D eigenvalue weighted by Crippen LogP contribution is 2.36. The highest BCUT2D eigenvalue weighted by Gasteiger charge is 2.31. The molecule has 1 saturated heterocycles. The molecule has 6 rings (SSSR count). The van der Waals surface area contributed by atoms with Crippen LogP contribution < -0.4 is 4.90 Å². The summed E-state index contributed by atoms with van der Waals surface area (Å²) in [5, 5.41) is 0. The summed E-state index contributed by atoms with van der Waals surface area (Å²) in [7, 11) is 4.35. The van der Waals surface area contributed by atoms with E-state index in [0.29, 0.717) is 12.0 Å². The zero-order valence-corrected chi connectivity index (χ0v) is 19.2. The second-order valence-corrected chi connectivity index (χ2v) is 9.60. The van der Waals surface area contributed by atoms with Gasteiger partial charge in [-0.15, -0.1) is 0 Å². The number of nitrogens with zero attached hydrogens (tertiary/aromatic N) is 5. The van der Waals surface area contributed by atoms with Crippen LogP contribution in [0.5, 0.6) is 0 Å². The first-order chi connectivity index (χ1) is 16.0. The van der Waals surface area contributed by atoms with Gasteiger partial charge in [-0.1, -0.05) is 19.1 Å². The molecule has 6 heteroatoms. The molecule has 0 radical (unpaired) electrons. The molecule has 0 spiro atoms. The number of rotatable bonds is 3. The molecule has 2 aliphatic heterocycles. The van der Waals surface area contributed by atoms with Gasteiger partial charge < -0.3 is 14.4 Å². The third-order valence-corrected chi connectivity index (χ3v) is 7.21. The van der Waals surface area contributed by atoms with Gasteiger partial charge >= 0.3 is 0 Å². The number of aromatic nitrogens is 3. The second-order valence-electron chi connectivity index (χ2n) is 9.60. The van der Waals surface area contributed by atoms with Gasteiger partial charge in [-0.3, -0.25) is 4.57 Å². The summed E-state index contributed by atoms with van der Waals surface area (Å²) in [6, 6.07) is 16.2. The van der Waals surface area contributed by atoms with Crippen LogP contribution in [-0.2, 0) is 6.54 Å². The zero-order valence-electron chi connectivity index (χ0n) is 19.2. The number of anilines is 1. The molecule has 1 fully saturated rings.